The SMILES string of the molecule is COc1ccc(NC(=O)C(C#N)=Cc2cn(CCOc3ccc(C(C)(C)C)cc3)c3ccccc23)cc1. The van der Waals surface area contributed by atoms with Gasteiger partial charge in [-0.3, -0.25) is 4.79 Å². The number of methoxy groups -OCH3 is 1. The average Bonchev–Trinajstić information content (AvgIpc) is 3.24. The Morgan fingerprint density at radius 3 is 2.32 bits per heavy atom. The first-order chi connectivity index (χ1) is 17.8. The molecule has 0 aliphatic heterocycles. The van der Waals surface area contributed by atoms with Crippen LogP contribution in [0.1, 0.15) is 31.9 Å². The van der Waals surface area contributed by atoms with Crippen molar-refractivity contribution in [1.29, 1.82) is 5.26 Å². The summed E-state index contributed by atoms with van der Waals surface area (Å²) in [6, 6.07) is 25.1. The molecule has 0 spiro atoms. The number of amides is 1. The van der Waals surface area contributed by atoms with E-state index in [2.05, 4.69) is 42.8 Å². The molecule has 0 saturated heterocycles. The molecule has 4 rings (SSSR count). The van der Waals surface area contributed by atoms with Gasteiger partial charge in [-0.05, 0) is 59.5 Å². The molecule has 0 radical (unpaired) electrons. The highest BCUT2D eigenvalue weighted by molar-refractivity contribution is 6.10. The summed E-state index contributed by atoms with van der Waals surface area (Å²) >= 11 is 0. The molecule has 6 nitrogen and oxygen atoms in total. The minimum atomic E-state index is -0.466. The summed E-state index contributed by atoms with van der Waals surface area (Å²) in [5.74, 6) is 1.05. The molecule has 37 heavy (non-hydrogen) atoms. The van der Waals surface area contributed by atoms with Gasteiger partial charge in [0.15, 0.2) is 0 Å². The lowest BCUT2D eigenvalue weighted by Crippen LogP contribution is -2.13. The number of aromatic nitrogens is 1. The highest BCUT2D eigenvalue weighted by Crippen LogP contribution is 2.26. The molecule has 3 aromatic carbocycles. The molecule has 1 N–H and O–H groups in total. The zero-order valence-corrected chi connectivity index (χ0v) is 21.6. The van der Waals surface area contributed by atoms with E-state index in [1.807, 2.05) is 48.7 Å². The Morgan fingerprint density at radius 2 is 1.68 bits per heavy atom. The third-order valence-corrected chi connectivity index (χ3v) is 6.15. The summed E-state index contributed by atoms with van der Waals surface area (Å²) in [6.45, 7) is 7.67. The van der Waals surface area contributed by atoms with Crippen molar-refractivity contribution in [2.45, 2.75) is 32.7 Å². The van der Waals surface area contributed by atoms with Crippen molar-refractivity contribution < 1.29 is 14.3 Å². The number of carbonyl (C=O) groups is 1. The van der Waals surface area contributed by atoms with Gasteiger partial charge in [0.25, 0.3) is 5.91 Å². The number of nitrogens with zero attached hydrogens (tertiary/aromatic N) is 2. The number of fused-ring (bicyclic) bond motifs is 1. The lowest BCUT2D eigenvalue weighted by atomic mass is 9.87. The van der Waals surface area contributed by atoms with Crippen molar-refractivity contribution in [3.63, 3.8) is 0 Å². The zero-order chi connectivity index (χ0) is 26.4. The standard InChI is InChI=1S/C31H31N3O3/c1-31(2,3)24-9-13-27(14-10-24)37-18-17-34-21-23(28-7-5-6-8-29(28)34)19-22(20-32)30(35)33-25-11-15-26(36-4)16-12-25/h5-16,19,21H,17-18H2,1-4H3,(H,33,35). The molecule has 0 fully saturated rings. The Balaban J connectivity index is 1.49. The first-order valence-electron chi connectivity index (χ1n) is 12.2. The molecule has 6 heteroatoms. The Labute approximate surface area is 217 Å². The third kappa shape index (κ3) is 6.20. The molecule has 1 amide bonds. The van der Waals surface area contributed by atoms with Crippen molar-refractivity contribution in [2.75, 3.05) is 19.0 Å². The molecule has 0 bridgehead atoms. The van der Waals surface area contributed by atoms with Crippen LogP contribution >= 0.6 is 0 Å². The highest BCUT2D eigenvalue weighted by Gasteiger charge is 2.14. The quantitative estimate of drug-likeness (QED) is 0.222. The van der Waals surface area contributed by atoms with Gasteiger partial charge in [-0.15, -0.1) is 0 Å². The van der Waals surface area contributed by atoms with Gasteiger partial charge >= 0.3 is 0 Å². The van der Waals surface area contributed by atoms with Gasteiger partial charge in [-0.2, -0.15) is 5.26 Å². The van der Waals surface area contributed by atoms with Crippen LogP contribution in [-0.4, -0.2) is 24.2 Å². The van der Waals surface area contributed by atoms with Crippen molar-refractivity contribution in [3.05, 3.63) is 95.7 Å². The number of hydrogen-bond donors (Lipinski definition) is 1. The van der Waals surface area contributed by atoms with E-state index in [4.69, 9.17) is 9.47 Å². The van der Waals surface area contributed by atoms with Gasteiger partial charge in [0.05, 0.1) is 13.7 Å². The lowest BCUT2D eigenvalue weighted by Gasteiger charge is -2.19. The molecule has 0 aliphatic carbocycles. The Morgan fingerprint density at radius 1 is 1.00 bits per heavy atom. The van der Waals surface area contributed by atoms with E-state index in [0.29, 0.717) is 24.6 Å². The highest BCUT2D eigenvalue weighted by atomic mass is 16.5. The van der Waals surface area contributed by atoms with Crippen LogP contribution in [0.5, 0.6) is 11.5 Å². The van der Waals surface area contributed by atoms with Crippen molar-refractivity contribution in [2.24, 2.45) is 0 Å². The van der Waals surface area contributed by atoms with E-state index >= 15 is 0 Å². The molecule has 1 heterocycles. The van der Waals surface area contributed by atoms with Crippen LogP contribution in [0.3, 0.4) is 0 Å². The van der Waals surface area contributed by atoms with Gasteiger partial charge in [0, 0.05) is 28.4 Å². The van der Waals surface area contributed by atoms with Crippen LogP contribution in [0.25, 0.3) is 17.0 Å². The summed E-state index contributed by atoms with van der Waals surface area (Å²) in [7, 11) is 1.58. The van der Waals surface area contributed by atoms with Crippen LogP contribution in [-0.2, 0) is 16.8 Å². The van der Waals surface area contributed by atoms with Crippen molar-refractivity contribution >= 4 is 28.6 Å². The van der Waals surface area contributed by atoms with Gasteiger partial charge in [0.2, 0.25) is 0 Å². The Kier molecular flexibility index (Phi) is 7.64. The van der Waals surface area contributed by atoms with Crippen LogP contribution in [0.15, 0.2) is 84.6 Å². The maximum Gasteiger partial charge on any atom is 0.266 e. The number of anilines is 1. The smallest absolute Gasteiger partial charge is 0.266 e. The van der Waals surface area contributed by atoms with E-state index in [1.165, 1.54) is 5.56 Å². The first-order valence-corrected chi connectivity index (χ1v) is 12.2. The van der Waals surface area contributed by atoms with E-state index < -0.39 is 5.91 Å². The fraction of sp³-hybridized carbons (Fsp3) is 0.226. The molecule has 1 aromatic heterocycles. The number of hydrogen-bond acceptors (Lipinski definition) is 4. The van der Waals surface area contributed by atoms with Gasteiger partial charge in [0.1, 0.15) is 29.7 Å². The summed E-state index contributed by atoms with van der Waals surface area (Å²) < 4.78 is 13.2. The van der Waals surface area contributed by atoms with E-state index in [0.717, 1.165) is 22.2 Å². The normalized spacial score (nSPS) is 11.7. The summed E-state index contributed by atoms with van der Waals surface area (Å²) in [5, 5.41) is 13.4. The minimum Gasteiger partial charge on any atom is -0.497 e. The van der Waals surface area contributed by atoms with Crippen molar-refractivity contribution in [3.8, 4) is 17.6 Å². The summed E-state index contributed by atoms with van der Waals surface area (Å²) in [4.78, 5) is 12.8. The number of benzene rings is 3. The molecule has 0 atom stereocenters. The largest absolute Gasteiger partial charge is 0.497 e. The fourth-order valence-corrected chi connectivity index (χ4v) is 4.07. The second kappa shape index (κ2) is 11.0. The number of nitriles is 1. The number of rotatable bonds is 8. The number of nitrogens with one attached hydrogen (secondary N) is 1. The van der Waals surface area contributed by atoms with Crippen molar-refractivity contribution in [1.82, 2.24) is 4.57 Å². The van der Waals surface area contributed by atoms with Crippen LogP contribution < -0.4 is 14.8 Å². The summed E-state index contributed by atoms with van der Waals surface area (Å²) in [5.41, 5.74) is 3.77. The molecule has 4 aromatic rings. The topological polar surface area (TPSA) is 76.3 Å². The van der Waals surface area contributed by atoms with E-state index in [9.17, 15) is 10.1 Å². The van der Waals surface area contributed by atoms with Gasteiger partial charge < -0.3 is 19.4 Å². The molecule has 0 aliphatic rings. The predicted molar refractivity (Wildman–Crippen MR) is 148 cm³/mol. The molecular weight excluding hydrogens is 462 g/mol. The van der Waals surface area contributed by atoms with Crippen LogP contribution in [0.2, 0.25) is 0 Å². The Bertz CT molecular complexity index is 1450. The predicted octanol–water partition coefficient (Wildman–Crippen LogP) is 6.57. The molecular formula is C31H31N3O3. The molecule has 0 saturated carbocycles. The average molecular weight is 494 g/mol. The van der Waals surface area contributed by atoms with Crippen LogP contribution in [0, 0.1) is 11.3 Å². The number of para-hydroxylation sites is 1. The van der Waals surface area contributed by atoms with Gasteiger partial charge in [-0.25, -0.2) is 0 Å². The number of ether oxygens (including phenoxy) is 2. The molecule has 188 valence electrons. The maximum atomic E-state index is 12.8. The first kappa shape index (κ1) is 25.6. The minimum absolute atomic E-state index is 0.0221. The lowest BCUT2D eigenvalue weighted by molar-refractivity contribution is -0.112. The van der Waals surface area contributed by atoms with Gasteiger partial charge in [-0.1, -0.05) is 51.1 Å². The molecule has 0 unspecified atom stereocenters. The fourth-order valence-electron chi connectivity index (χ4n) is 4.07. The zero-order valence-electron chi connectivity index (χ0n) is 21.6. The monoisotopic (exact) mass is 493 g/mol. The maximum absolute atomic E-state index is 12.8. The van der Waals surface area contributed by atoms with Crippen LogP contribution in [0.4, 0.5) is 5.69 Å². The van der Waals surface area contributed by atoms with E-state index in [-0.39, 0.29) is 11.0 Å². The Hall–Kier alpha value is -4.50. The second-order valence-corrected chi connectivity index (χ2v) is 9.77. The van der Waals surface area contributed by atoms with E-state index in [1.54, 1.807) is 37.5 Å². The summed E-state index contributed by atoms with van der Waals surface area (Å²) in [6.07, 6.45) is 3.58. The number of carbonyl (C=O) groups excluding carboxylic acids is 1. The second-order valence-electron chi connectivity index (χ2n) is 9.77. The third-order valence-electron chi connectivity index (χ3n) is 6.15.